The van der Waals surface area contributed by atoms with Gasteiger partial charge in [-0.1, -0.05) is 24.3 Å². The van der Waals surface area contributed by atoms with Crippen LogP contribution in [0, 0.1) is 0 Å². The van der Waals surface area contributed by atoms with Crippen LogP contribution in [0.1, 0.15) is 27.6 Å². The van der Waals surface area contributed by atoms with Gasteiger partial charge in [-0.2, -0.15) is 0 Å². The molecular weight excluding hydrogens is 340 g/mol. The molecule has 0 spiro atoms. The molecule has 3 rings (SSSR count). The van der Waals surface area contributed by atoms with Gasteiger partial charge in [0.2, 0.25) is 0 Å². The van der Waals surface area contributed by atoms with Gasteiger partial charge in [0.05, 0.1) is 6.61 Å². The van der Waals surface area contributed by atoms with Gasteiger partial charge in [0.15, 0.2) is 0 Å². The van der Waals surface area contributed by atoms with E-state index < -0.39 is 0 Å². The highest BCUT2D eigenvalue weighted by atomic mass is 16.5. The van der Waals surface area contributed by atoms with Gasteiger partial charge in [-0.25, -0.2) is 0 Å². The van der Waals surface area contributed by atoms with Crippen molar-refractivity contribution in [3.63, 3.8) is 0 Å². The molecule has 2 amide bonds. The van der Waals surface area contributed by atoms with Crippen molar-refractivity contribution in [2.24, 2.45) is 0 Å². The summed E-state index contributed by atoms with van der Waals surface area (Å²) in [5.74, 6) is 0.252. The van der Waals surface area contributed by atoms with E-state index in [0.717, 1.165) is 0 Å². The summed E-state index contributed by atoms with van der Waals surface area (Å²) in [5, 5.41) is 5.66. The molecule has 0 bridgehead atoms. The first-order chi connectivity index (χ1) is 13.2. The van der Waals surface area contributed by atoms with Gasteiger partial charge in [0.1, 0.15) is 5.75 Å². The number of rotatable bonds is 6. The summed E-state index contributed by atoms with van der Waals surface area (Å²) in [6.07, 6.45) is 0. The summed E-state index contributed by atoms with van der Waals surface area (Å²) in [6, 6.07) is 23.0. The minimum Gasteiger partial charge on any atom is -0.494 e. The predicted octanol–water partition coefficient (Wildman–Crippen LogP) is 4.59. The zero-order valence-corrected chi connectivity index (χ0v) is 14.9. The first kappa shape index (κ1) is 18.2. The Morgan fingerprint density at radius 1 is 0.741 bits per heavy atom. The molecule has 0 radical (unpaired) electrons. The van der Waals surface area contributed by atoms with E-state index in [9.17, 15) is 9.59 Å². The van der Waals surface area contributed by atoms with Gasteiger partial charge in [-0.05, 0) is 61.5 Å². The van der Waals surface area contributed by atoms with Crippen molar-refractivity contribution in [3.05, 3.63) is 90.0 Å². The summed E-state index contributed by atoms with van der Waals surface area (Å²) in [6.45, 7) is 2.44. The second-order valence-electron chi connectivity index (χ2n) is 5.81. The van der Waals surface area contributed by atoms with E-state index in [2.05, 4.69) is 10.6 Å². The average molecular weight is 360 g/mol. The minimum atomic E-state index is -0.224. The lowest BCUT2D eigenvalue weighted by Crippen LogP contribution is -2.13. The van der Waals surface area contributed by atoms with Gasteiger partial charge in [0.25, 0.3) is 11.8 Å². The minimum absolute atomic E-state index is 0.180. The molecule has 5 nitrogen and oxygen atoms in total. The van der Waals surface area contributed by atoms with Gasteiger partial charge < -0.3 is 15.4 Å². The summed E-state index contributed by atoms with van der Waals surface area (Å²) in [4.78, 5) is 24.5. The van der Waals surface area contributed by atoms with Gasteiger partial charge in [-0.15, -0.1) is 0 Å². The first-order valence-electron chi connectivity index (χ1n) is 8.66. The van der Waals surface area contributed by atoms with Gasteiger partial charge >= 0.3 is 0 Å². The van der Waals surface area contributed by atoms with Crippen LogP contribution in [-0.4, -0.2) is 18.4 Å². The molecule has 0 fully saturated rings. The third-order valence-electron chi connectivity index (χ3n) is 3.84. The van der Waals surface area contributed by atoms with E-state index in [4.69, 9.17) is 4.74 Å². The SMILES string of the molecule is CCOc1cccc(C(=O)Nc2ccc(NC(=O)c3ccccc3)cc2)c1. The molecule has 3 aromatic carbocycles. The number of hydrogen-bond donors (Lipinski definition) is 2. The number of anilines is 2. The topological polar surface area (TPSA) is 67.4 Å². The van der Waals surface area contributed by atoms with Crippen LogP contribution in [0.25, 0.3) is 0 Å². The Bertz CT molecular complexity index is 922. The van der Waals surface area contributed by atoms with Gasteiger partial charge in [-0.3, -0.25) is 9.59 Å². The number of ether oxygens (including phenoxy) is 1. The van der Waals surface area contributed by atoms with Crippen molar-refractivity contribution in [3.8, 4) is 5.75 Å². The maximum atomic E-state index is 12.4. The molecule has 3 aromatic rings. The molecule has 0 aliphatic heterocycles. The predicted molar refractivity (Wildman–Crippen MR) is 106 cm³/mol. The fourth-order valence-corrected chi connectivity index (χ4v) is 2.53. The normalized spacial score (nSPS) is 10.1. The Kier molecular flexibility index (Phi) is 5.84. The molecule has 0 unspecified atom stereocenters. The lowest BCUT2D eigenvalue weighted by Gasteiger charge is -2.09. The van der Waals surface area contributed by atoms with Crippen LogP contribution in [0.15, 0.2) is 78.9 Å². The van der Waals surface area contributed by atoms with Crippen LogP contribution in [0.2, 0.25) is 0 Å². The lowest BCUT2D eigenvalue weighted by atomic mass is 10.2. The summed E-state index contributed by atoms with van der Waals surface area (Å²) >= 11 is 0. The number of amides is 2. The molecule has 0 saturated heterocycles. The molecule has 2 N–H and O–H groups in total. The number of carbonyl (C=O) groups is 2. The zero-order chi connectivity index (χ0) is 19.1. The maximum absolute atomic E-state index is 12.4. The van der Waals surface area contributed by atoms with Crippen LogP contribution in [0.3, 0.4) is 0 Å². The van der Waals surface area contributed by atoms with Crippen molar-refractivity contribution in [1.29, 1.82) is 0 Å². The quantitative estimate of drug-likeness (QED) is 0.676. The maximum Gasteiger partial charge on any atom is 0.255 e. The smallest absolute Gasteiger partial charge is 0.255 e. The van der Waals surface area contributed by atoms with Gasteiger partial charge in [0, 0.05) is 22.5 Å². The second kappa shape index (κ2) is 8.67. The number of benzene rings is 3. The Morgan fingerprint density at radius 3 is 1.89 bits per heavy atom. The Morgan fingerprint density at radius 2 is 1.30 bits per heavy atom. The lowest BCUT2D eigenvalue weighted by molar-refractivity contribution is 0.101. The zero-order valence-electron chi connectivity index (χ0n) is 14.9. The van der Waals surface area contributed by atoms with E-state index >= 15 is 0 Å². The molecule has 0 aliphatic carbocycles. The summed E-state index contributed by atoms with van der Waals surface area (Å²) < 4.78 is 5.42. The van der Waals surface area contributed by atoms with E-state index in [0.29, 0.717) is 34.9 Å². The summed E-state index contributed by atoms with van der Waals surface area (Å²) in [5.41, 5.74) is 2.39. The fraction of sp³-hybridized carbons (Fsp3) is 0.0909. The fourth-order valence-electron chi connectivity index (χ4n) is 2.53. The highest BCUT2D eigenvalue weighted by Crippen LogP contribution is 2.18. The van der Waals surface area contributed by atoms with Crippen molar-refractivity contribution in [1.82, 2.24) is 0 Å². The van der Waals surface area contributed by atoms with Crippen molar-refractivity contribution < 1.29 is 14.3 Å². The molecule has 27 heavy (non-hydrogen) atoms. The standard InChI is InChI=1S/C22H20N2O3/c1-2-27-20-10-6-9-17(15-20)22(26)24-19-13-11-18(12-14-19)23-21(25)16-7-4-3-5-8-16/h3-15H,2H2,1H3,(H,23,25)(H,24,26). The molecule has 0 heterocycles. The Hall–Kier alpha value is -3.60. The largest absolute Gasteiger partial charge is 0.494 e. The first-order valence-corrected chi connectivity index (χ1v) is 8.66. The van der Waals surface area contributed by atoms with E-state index in [1.165, 1.54) is 0 Å². The molecule has 0 atom stereocenters. The molecular formula is C22H20N2O3. The number of hydrogen-bond acceptors (Lipinski definition) is 3. The average Bonchev–Trinajstić information content (AvgIpc) is 2.70. The molecule has 0 aromatic heterocycles. The van der Waals surface area contributed by atoms with Crippen LogP contribution < -0.4 is 15.4 Å². The van der Waals surface area contributed by atoms with Crippen molar-refractivity contribution in [2.45, 2.75) is 6.92 Å². The second-order valence-corrected chi connectivity index (χ2v) is 5.81. The third kappa shape index (κ3) is 4.95. The van der Waals surface area contributed by atoms with Crippen LogP contribution in [0.5, 0.6) is 5.75 Å². The highest BCUT2D eigenvalue weighted by Gasteiger charge is 2.08. The molecule has 5 heteroatoms. The number of carbonyl (C=O) groups excluding carboxylic acids is 2. The summed E-state index contributed by atoms with van der Waals surface area (Å²) in [7, 11) is 0. The van der Waals surface area contributed by atoms with E-state index in [-0.39, 0.29) is 11.8 Å². The van der Waals surface area contributed by atoms with E-state index in [1.54, 1.807) is 54.6 Å². The van der Waals surface area contributed by atoms with Crippen LogP contribution >= 0.6 is 0 Å². The Labute approximate surface area is 158 Å². The molecule has 0 aliphatic rings. The van der Waals surface area contributed by atoms with Crippen molar-refractivity contribution >= 4 is 23.2 Å². The number of nitrogens with one attached hydrogen (secondary N) is 2. The molecule has 136 valence electrons. The highest BCUT2D eigenvalue weighted by molar-refractivity contribution is 6.05. The van der Waals surface area contributed by atoms with Crippen molar-refractivity contribution in [2.75, 3.05) is 17.2 Å². The third-order valence-corrected chi connectivity index (χ3v) is 3.84. The van der Waals surface area contributed by atoms with Crippen LogP contribution in [-0.2, 0) is 0 Å². The Balaban J connectivity index is 1.63. The van der Waals surface area contributed by atoms with E-state index in [1.807, 2.05) is 31.2 Å². The van der Waals surface area contributed by atoms with Crippen LogP contribution in [0.4, 0.5) is 11.4 Å². The molecule has 0 saturated carbocycles. The monoisotopic (exact) mass is 360 g/mol.